The highest BCUT2D eigenvalue weighted by Crippen LogP contribution is 2.12. The fraction of sp³-hybridized carbons (Fsp3) is 0.364. The van der Waals surface area contributed by atoms with Gasteiger partial charge in [-0.25, -0.2) is 0 Å². The molecule has 0 bridgehead atoms. The lowest BCUT2D eigenvalue weighted by Gasteiger charge is -1.97. The van der Waals surface area contributed by atoms with E-state index in [-0.39, 0.29) is 0 Å². The van der Waals surface area contributed by atoms with Crippen molar-refractivity contribution in [1.29, 1.82) is 0 Å². The molecular weight excluding hydrogens is 206 g/mol. The maximum Gasteiger partial charge on any atom is 0.0752 e. The van der Waals surface area contributed by atoms with E-state index in [1.54, 1.807) is 11.3 Å². The van der Waals surface area contributed by atoms with Crippen molar-refractivity contribution < 1.29 is 0 Å². The summed E-state index contributed by atoms with van der Waals surface area (Å²) in [5, 5.41) is 9.73. The third-order valence-electron chi connectivity index (χ3n) is 2.31. The lowest BCUT2D eigenvalue weighted by molar-refractivity contribution is 0.686. The highest BCUT2D eigenvalue weighted by molar-refractivity contribution is 7.09. The van der Waals surface area contributed by atoms with Crippen LogP contribution in [0.5, 0.6) is 0 Å². The molecule has 0 saturated carbocycles. The van der Waals surface area contributed by atoms with Gasteiger partial charge in [-0.3, -0.25) is 4.68 Å². The Hall–Kier alpha value is -1.13. The zero-order valence-electron chi connectivity index (χ0n) is 9.03. The predicted octanol–water partition coefficient (Wildman–Crippen LogP) is 2.02. The van der Waals surface area contributed by atoms with Gasteiger partial charge in [0.2, 0.25) is 0 Å². The van der Waals surface area contributed by atoms with Crippen LogP contribution in [0.15, 0.2) is 23.7 Å². The van der Waals surface area contributed by atoms with E-state index < -0.39 is 0 Å². The molecule has 0 saturated heterocycles. The first-order chi connectivity index (χ1) is 7.29. The molecule has 2 heterocycles. The number of nitrogens with one attached hydrogen (secondary N) is 1. The molecule has 0 fully saturated rings. The molecule has 0 unspecified atom stereocenters. The van der Waals surface area contributed by atoms with E-state index >= 15 is 0 Å². The van der Waals surface area contributed by atoms with Gasteiger partial charge >= 0.3 is 0 Å². The van der Waals surface area contributed by atoms with Crippen LogP contribution in [0.2, 0.25) is 0 Å². The standard InChI is InChI=1S/C11H15N3S/c1-9-10(6-12-2)7-14(13-9)8-11-4-3-5-15-11/h3-5,7,12H,6,8H2,1-2H3. The maximum atomic E-state index is 4.49. The van der Waals surface area contributed by atoms with Crippen molar-refractivity contribution >= 4 is 11.3 Å². The van der Waals surface area contributed by atoms with Crippen LogP contribution in [0, 0.1) is 6.92 Å². The smallest absolute Gasteiger partial charge is 0.0752 e. The SMILES string of the molecule is CNCc1cn(Cc2cccs2)nc1C. The van der Waals surface area contributed by atoms with Crippen molar-refractivity contribution in [3.05, 3.63) is 39.8 Å². The van der Waals surface area contributed by atoms with Crippen LogP contribution in [0.3, 0.4) is 0 Å². The summed E-state index contributed by atoms with van der Waals surface area (Å²) < 4.78 is 2.01. The van der Waals surface area contributed by atoms with Crippen LogP contribution in [0.25, 0.3) is 0 Å². The molecule has 0 spiro atoms. The zero-order valence-corrected chi connectivity index (χ0v) is 9.84. The van der Waals surface area contributed by atoms with Crippen LogP contribution in [0.4, 0.5) is 0 Å². The van der Waals surface area contributed by atoms with Gasteiger partial charge in [0.15, 0.2) is 0 Å². The average Bonchev–Trinajstić information content (AvgIpc) is 2.79. The molecule has 2 aromatic rings. The Morgan fingerprint density at radius 2 is 2.40 bits per heavy atom. The van der Waals surface area contributed by atoms with Gasteiger partial charge in [-0.15, -0.1) is 11.3 Å². The minimum absolute atomic E-state index is 0.877. The summed E-state index contributed by atoms with van der Waals surface area (Å²) in [5.41, 5.74) is 2.38. The summed E-state index contributed by atoms with van der Waals surface area (Å²) in [6.45, 7) is 3.82. The van der Waals surface area contributed by atoms with Crippen LogP contribution in [0.1, 0.15) is 16.1 Å². The van der Waals surface area contributed by atoms with E-state index in [9.17, 15) is 0 Å². The average molecular weight is 221 g/mol. The Labute approximate surface area is 93.7 Å². The monoisotopic (exact) mass is 221 g/mol. The molecule has 15 heavy (non-hydrogen) atoms. The van der Waals surface area contributed by atoms with E-state index in [1.807, 2.05) is 11.7 Å². The second-order valence-electron chi connectivity index (χ2n) is 3.55. The molecule has 3 nitrogen and oxygen atoms in total. The summed E-state index contributed by atoms with van der Waals surface area (Å²) in [7, 11) is 1.95. The van der Waals surface area contributed by atoms with Crippen LogP contribution in [-0.2, 0) is 13.1 Å². The lowest BCUT2D eigenvalue weighted by atomic mass is 10.3. The highest BCUT2D eigenvalue weighted by atomic mass is 32.1. The third kappa shape index (κ3) is 2.46. The van der Waals surface area contributed by atoms with Gasteiger partial charge in [-0.1, -0.05) is 6.07 Å². The quantitative estimate of drug-likeness (QED) is 0.856. The molecule has 0 aliphatic heterocycles. The largest absolute Gasteiger partial charge is 0.316 e. The fourth-order valence-electron chi connectivity index (χ4n) is 1.57. The second-order valence-corrected chi connectivity index (χ2v) is 4.58. The summed E-state index contributed by atoms with van der Waals surface area (Å²) in [6.07, 6.45) is 2.12. The first-order valence-corrected chi connectivity index (χ1v) is 5.87. The van der Waals surface area contributed by atoms with Gasteiger partial charge in [0.1, 0.15) is 0 Å². The van der Waals surface area contributed by atoms with E-state index in [0.29, 0.717) is 0 Å². The van der Waals surface area contributed by atoms with Crippen molar-refractivity contribution in [2.75, 3.05) is 7.05 Å². The van der Waals surface area contributed by atoms with E-state index in [4.69, 9.17) is 0 Å². The highest BCUT2D eigenvalue weighted by Gasteiger charge is 2.04. The Balaban J connectivity index is 2.12. The molecule has 0 aromatic carbocycles. The molecule has 0 atom stereocenters. The topological polar surface area (TPSA) is 29.9 Å². The summed E-state index contributed by atoms with van der Waals surface area (Å²) in [4.78, 5) is 1.34. The minimum Gasteiger partial charge on any atom is -0.316 e. The number of rotatable bonds is 4. The second kappa shape index (κ2) is 4.59. The molecule has 0 aliphatic carbocycles. The number of aryl methyl sites for hydroxylation is 1. The zero-order chi connectivity index (χ0) is 10.7. The van der Waals surface area contributed by atoms with Crippen LogP contribution >= 0.6 is 11.3 Å². The number of nitrogens with zero attached hydrogens (tertiary/aromatic N) is 2. The Morgan fingerprint density at radius 1 is 1.53 bits per heavy atom. The molecule has 2 rings (SSSR count). The fourth-order valence-corrected chi connectivity index (χ4v) is 2.26. The molecule has 80 valence electrons. The van der Waals surface area contributed by atoms with Gasteiger partial charge in [0.25, 0.3) is 0 Å². The van der Waals surface area contributed by atoms with Crippen molar-refractivity contribution in [1.82, 2.24) is 15.1 Å². The van der Waals surface area contributed by atoms with E-state index in [0.717, 1.165) is 18.8 Å². The lowest BCUT2D eigenvalue weighted by Crippen LogP contribution is -2.05. The van der Waals surface area contributed by atoms with Crippen LogP contribution < -0.4 is 5.32 Å². The Morgan fingerprint density at radius 3 is 3.07 bits per heavy atom. The Bertz CT molecular complexity index is 417. The summed E-state index contributed by atoms with van der Waals surface area (Å²) in [5.74, 6) is 0. The van der Waals surface area contributed by atoms with Gasteiger partial charge in [0, 0.05) is 23.2 Å². The van der Waals surface area contributed by atoms with Crippen molar-refractivity contribution in [2.45, 2.75) is 20.0 Å². The first-order valence-electron chi connectivity index (χ1n) is 4.99. The van der Waals surface area contributed by atoms with Gasteiger partial charge in [-0.2, -0.15) is 5.10 Å². The first kappa shape index (κ1) is 10.4. The molecule has 0 aliphatic rings. The molecule has 2 aromatic heterocycles. The normalized spacial score (nSPS) is 10.8. The molecule has 0 amide bonds. The number of aromatic nitrogens is 2. The van der Waals surface area contributed by atoms with Gasteiger partial charge in [0.05, 0.1) is 12.2 Å². The summed E-state index contributed by atoms with van der Waals surface area (Å²) >= 11 is 1.77. The minimum atomic E-state index is 0.877. The molecule has 1 N–H and O–H groups in total. The number of hydrogen-bond donors (Lipinski definition) is 1. The van der Waals surface area contributed by atoms with E-state index in [1.165, 1.54) is 10.4 Å². The van der Waals surface area contributed by atoms with Crippen LogP contribution in [-0.4, -0.2) is 16.8 Å². The third-order valence-corrected chi connectivity index (χ3v) is 3.17. The van der Waals surface area contributed by atoms with Crippen molar-refractivity contribution in [2.24, 2.45) is 0 Å². The Kier molecular flexibility index (Phi) is 3.18. The molecular formula is C11H15N3S. The van der Waals surface area contributed by atoms with Gasteiger partial charge in [-0.05, 0) is 25.4 Å². The van der Waals surface area contributed by atoms with Crippen molar-refractivity contribution in [3.63, 3.8) is 0 Å². The summed E-state index contributed by atoms with van der Waals surface area (Å²) in [6, 6.07) is 4.21. The van der Waals surface area contributed by atoms with E-state index in [2.05, 4.69) is 41.0 Å². The van der Waals surface area contributed by atoms with Gasteiger partial charge < -0.3 is 5.32 Å². The molecule has 4 heteroatoms. The predicted molar refractivity (Wildman–Crippen MR) is 63.1 cm³/mol. The maximum absolute atomic E-state index is 4.49. The number of thiophene rings is 1. The van der Waals surface area contributed by atoms with Crippen molar-refractivity contribution in [3.8, 4) is 0 Å². The number of hydrogen-bond acceptors (Lipinski definition) is 3. The molecule has 0 radical (unpaired) electrons.